The van der Waals surface area contributed by atoms with Gasteiger partial charge in [0.25, 0.3) is 5.91 Å². The van der Waals surface area contributed by atoms with Crippen LogP contribution in [-0.4, -0.2) is 44.2 Å². The second-order valence-corrected chi connectivity index (χ2v) is 9.80. The highest BCUT2D eigenvalue weighted by molar-refractivity contribution is 7.89. The van der Waals surface area contributed by atoms with Gasteiger partial charge < -0.3 is 10.6 Å². The molecule has 1 fully saturated rings. The molecule has 0 aromatic heterocycles. The number of nitrogens with zero attached hydrogens (tertiary/aromatic N) is 1. The lowest BCUT2D eigenvalue weighted by molar-refractivity contribution is -0.115. The predicted molar refractivity (Wildman–Crippen MR) is 121 cm³/mol. The highest BCUT2D eigenvalue weighted by Crippen LogP contribution is 2.25. The first-order valence-corrected chi connectivity index (χ1v) is 12.0. The zero-order valence-electron chi connectivity index (χ0n) is 18.0. The summed E-state index contributed by atoms with van der Waals surface area (Å²) in [6, 6.07) is 11.9. The summed E-state index contributed by atoms with van der Waals surface area (Å²) in [6.45, 7) is 4.50. The predicted octanol–water partition coefficient (Wildman–Crippen LogP) is 3.24. The summed E-state index contributed by atoms with van der Waals surface area (Å²) in [6.07, 6.45) is 3.79. The largest absolute Gasteiger partial charge is 0.343 e. The number of benzene rings is 2. The average molecular weight is 444 g/mol. The number of sulfonamides is 1. The topological polar surface area (TPSA) is 95.6 Å². The molecule has 166 valence electrons. The normalized spacial score (nSPS) is 15.2. The average Bonchev–Trinajstić information content (AvgIpc) is 3.04. The van der Waals surface area contributed by atoms with Crippen LogP contribution >= 0.6 is 0 Å². The van der Waals surface area contributed by atoms with Crippen LogP contribution in [0.1, 0.15) is 47.2 Å². The fourth-order valence-corrected chi connectivity index (χ4v) is 5.32. The molecule has 31 heavy (non-hydrogen) atoms. The monoisotopic (exact) mass is 443 g/mol. The molecule has 0 atom stereocenters. The summed E-state index contributed by atoms with van der Waals surface area (Å²) in [5, 5.41) is 5.25. The Morgan fingerprint density at radius 3 is 2.23 bits per heavy atom. The van der Waals surface area contributed by atoms with Gasteiger partial charge in [0.1, 0.15) is 0 Å². The first kappa shape index (κ1) is 23.0. The summed E-state index contributed by atoms with van der Waals surface area (Å²) in [4.78, 5) is 24.7. The Kier molecular flexibility index (Phi) is 7.46. The molecular formula is C23H29N3O4S. The van der Waals surface area contributed by atoms with Crippen molar-refractivity contribution in [1.82, 2.24) is 9.62 Å². The molecule has 1 aliphatic rings. The van der Waals surface area contributed by atoms with E-state index in [0.717, 1.165) is 31.2 Å². The van der Waals surface area contributed by atoms with Gasteiger partial charge in [0, 0.05) is 24.3 Å². The van der Waals surface area contributed by atoms with E-state index in [2.05, 4.69) is 10.6 Å². The lowest BCUT2D eigenvalue weighted by Gasteiger charge is -2.21. The van der Waals surface area contributed by atoms with Gasteiger partial charge in [-0.3, -0.25) is 9.59 Å². The van der Waals surface area contributed by atoms with Crippen molar-refractivity contribution in [3.05, 3.63) is 59.2 Å². The van der Waals surface area contributed by atoms with Gasteiger partial charge in [-0.05, 0) is 56.5 Å². The number of hydrogen-bond donors (Lipinski definition) is 2. The van der Waals surface area contributed by atoms with Crippen LogP contribution in [0.15, 0.2) is 47.4 Å². The number of carbonyl (C=O) groups excluding carboxylic acids is 2. The van der Waals surface area contributed by atoms with Gasteiger partial charge in [-0.1, -0.05) is 36.6 Å². The molecule has 0 saturated carbocycles. The Bertz CT molecular complexity index is 1040. The van der Waals surface area contributed by atoms with Crippen LogP contribution < -0.4 is 10.6 Å². The molecule has 1 heterocycles. The van der Waals surface area contributed by atoms with E-state index < -0.39 is 15.9 Å². The minimum atomic E-state index is -3.63. The van der Waals surface area contributed by atoms with E-state index in [4.69, 9.17) is 0 Å². The van der Waals surface area contributed by atoms with Crippen molar-refractivity contribution in [1.29, 1.82) is 0 Å². The highest BCUT2D eigenvalue weighted by Gasteiger charge is 2.27. The Labute approximate surface area is 183 Å². The number of amides is 2. The van der Waals surface area contributed by atoms with Crippen LogP contribution in [0.25, 0.3) is 0 Å². The molecule has 0 unspecified atom stereocenters. The SMILES string of the molecule is Cc1ccc(C(=O)NCC(=O)Nc2ccc(C)c(S(=O)(=O)N3CCCCCC3)c2)cc1. The van der Waals surface area contributed by atoms with Gasteiger partial charge in [0.05, 0.1) is 11.4 Å². The molecule has 2 N–H and O–H groups in total. The number of rotatable bonds is 6. The maximum absolute atomic E-state index is 13.2. The Morgan fingerprint density at radius 1 is 0.935 bits per heavy atom. The third-order valence-corrected chi connectivity index (χ3v) is 7.42. The molecule has 2 aromatic carbocycles. The fourth-order valence-electron chi connectivity index (χ4n) is 3.55. The van der Waals surface area contributed by atoms with Crippen LogP contribution in [0.3, 0.4) is 0 Å². The molecule has 0 radical (unpaired) electrons. The molecule has 1 saturated heterocycles. The van der Waals surface area contributed by atoms with Crippen molar-refractivity contribution in [2.24, 2.45) is 0 Å². The maximum atomic E-state index is 13.2. The van der Waals surface area contributed by atoms with Gasteiger partial charge in [-0.25, -0.2) is 8.42 Å². The van der Waals surface area contributed by atoms with E-state index in [-0.39, 0.29) is 17.3 Å². The van der Waals surface area contributed by atoms with Crippen molar-refractivity contribution >= 4 is 27.5 Å². The number of nitrogens with one attached hydrogen (secondary N) is 2. The zero-order chi connectivity index (χ0) is 22.4. The Hall–Kier alpha value is -2.71. The zero-order valence-corrected chi connectivity index (χ0v) is 18.8. The van der Waals surface area contributed by atoms with Crippen molar-refractivity contribution < 1.29 is 18.0 Å². The first-order chi connectivity index (χ1) is 14.8. The van der Waals surface area contributed by atoms with E-state index in [1.165, 1.54) is 10.4 Å². The first-order valence-electron chi connectivity index (χ1n) is 10.5. The fraction of sp³-hybridized carbons (Fsp3) is 0.391. The van der Waals surface area contributed by atoms with Crippen LogP contribution in [0.2, 0.25) is 0 Å². The van der Waals surface area contributed by atoms with Gasteiger partial charge in [-0.15, -0.1) is 0 Å². The number of hydrogen-bond acceptors (Lipinski definition) is 4. The molecule has 8 heteroatoms. The molecule has 2 amide bonds. The summed E-state index contributed by atoms with van der Waals surface area (Å²) >= 11 is 0. The van der Waals surface area contributed by atoms with Crippen LogP contribution in [0.4, 0.5) is 5.69 Å². The van der Waals surface area contributed by atoms with Crippen molar-refractivity contribution in [2.75, 3.05) is 25.0 Å². The van der Waals surface area contributed by atoms with Gasteiger partial charge in [0.15, 0.2) is 0 Å². The van der Waals surface area contributed by atoms with E-state index in [1.54, 1.807) is 31.2 Å². The van der Waals surface area contributed by atoms with E-state index >= 15 is 0 Å². The smallest absolute Gasteiger partial charge is 0.251 e. The molecular weight excluding hydrogens is 414 g/mol. The minimum Gasteiger partial charge on any atom is -0.343 e. The standard InChI is InChI=1S/C23H29N3O4S/c1-17-7-10-19(11-8-17)23(28)24-16-22(27)25-20-12-9-18(2)21(15-20)31(29,30)26-13-5-3-4-6-14-26/h7-12,15H,3-6,13-14,16H2,1-2H3,(H,24,28)(H,25,27). The summed E-state index contributed by atoms with van der Waals surface area (Å²) < 4.78 is 27.8. The molecule has 2 aromatic rings. The maximum Gasteiger partial charge on any atom is 0.251 e. The van der Waals surface area contributed by atoms with Gasteiger partial charge >= 0.3 is 0 Å². The van der Waals surface area contributed by atoms with Crippen molar-refractivity contribution in [2.45, 2.75) is 44.4 Å². The van der Waals surface area contributed by atoms with Crippen molar-refractivity contribution in [3.63, 3.8) is 0 Å². The van der Waals surface area contributed by atoms with Crippen molar-refractivity contribution in [3.8, 4) is 0 Å². The van der Waals surface area contributed by atoms with Gasteiger partial charge in [0.2, 0.25) is 15.9 Å². The van der Waals surface area contributed by atoms with Crippen LogP contribution in [0.5, 0.6) is 0 Å². The number of aryl methyl sites for hydroxylation is 2. The minimum absolute atomic E-state index is 0.205. The third-order valence-electron chi connectivity index (χ3n) is 5.38. The summed E-state index contributed by atoms with van der Waals surface area (Å²) in [5.74, 6) is -0.772. The number of carbonyl (C=O) groups is 2. The summed E-state index contributed by atoms with van der Waals surface area (Å²) in [7, 11) is -3.63. The quantitative estimate of drug-likeness (QED) is 0.716. The molecule has 3 rings (SSSR count). The second kappa shape index (κ2) is 10.1. The summed E-state index contributed by atoms with van der Waals surface area (Å²) in [5.41, 5.74) is 2.53. The van der Waals surface area contributed by atoms with Gasteiger partial charge in [-0.2, -0.15) is 4.31 Å². The number of anilines is 1. The third kappa shape index (κ3) is 5.92. The molecule has 1 aliphatic heterocycles. The van der Waals surface area contributed by atoms with E-state index in [0.29, 0.717) is 29.9 Å². The van der Waals surface area contributed by atoms with Crippen LogP contribution in [-0.2, 0) is 14.8 Å². The molecule has 0 bridgehead atoms. The second-order valence-electron chi connectivity index (χ2n) is 7.90. The molecule has 7 nitrogen and oxygen atoms in total. The lowest BCUT2D eigenvalue weighted by Crippen LogP contribution is -2.33. The molecule has 0 spiro atoms. The Morgan fingerprint density at radius 2 is 1.58 bits per heavy atom. The highest BCUT2D eigenvalue weighted by atomic mass is 32.2. The van der Waals surface area contributed by atoms with E-state index in [1.807, 2.05) is 19.1 Å². The lowest BCUT2D eigenvalue weighted by atomic mass is 10.1. The van der Waals surface area contributed by atoms with Crippen LogP contribution in [0, 0.1) is 13.8 Å². The van der Waals surface area contributed by atoms with E-state index in [9.17, 15) is 18.0 Å². The Balaban J connectivity index is 1.66. The molecule has 0 aliphatic carbocycles.